The first-order valence-corrected chi connectivity index (χ1v) is 5.82. The number of halogens is 1. The summed E-state index contributed by atoms with van der Waals surface area (Å²) < 4.78 is 0.908. The number of anilines is 1. The average Bonchev–Trinajstić information content (AvgIpc) is 2.29. The Labute approximate surface area is 107 Å². The molecule has 0 aliphatic rings. The Kier molecular flexibility index (Phi) is 3.49. The SMILES string of the molecule is Cc1ccc(C(=O)Nc2cccc(Br)c2)nn1. The molecule has 17 heavy (non-hydrogen) atoms. The number of nitrogens with zero attached hydrogens (tertiary/aromatic N) is 2. The van der Waals surface area contributed by atoms with Gasteiger partial charge in [0.05, 0.1) is 5.69 Å². The second kappa shape index (κ2) is 5.05. The summed E-state index contributed by atoms with van der Waals surface area (Å²) in [7, 11) is 0. The van der Waals surface area contributed by atoms with E-state index in [1.54, 1.807) is 12.1 Å². The lowest BCUT2D eigenvalue weighted by molar-refractivity contribution is 0.102. The Balaban J connectivity index is 2.14. The number of hydrogen-bond acceptors (Lipinski definition) is 3. The summed E-state index contributed by atoms with van der Waals surface area (Å²) in [5, 5.41) is 10.4. The summed E-state index contributed by atoms with van der Waals surface area (Å²) in [6.07, 6.45) is 0. The predicted octanol–water partition coefficient (Wildman–Crippen LogP) is 2.80. The van der Waals surface area contributed by atoms with Crippen molar-refractivity contribution in [1.29, 1.82) is 0 Å². The van der Waals surface area contributed by atoms with E-state index in [0.29, 0.717) is 11.4 Å². The van der Waals surface area contributed by atoms with Crippen molar-refractivity contribution in [2.45, 2.75) is 6.92 Å². The minimum atomic E-state index is -0.268. The van der Waals surface area contributed by atoms with Crippen molar-refractivity contribution in [3.05, 3.63) is 52.3 Å². The van der Waals surface area contributed by atoms with Crippen molar-refractivity contribution in [3.63, 3.8) is 0 Å². The Hall–Kier alpha value is -1.75. The molecule has 0 aliphatic heterocycles. The van der Waals surface area contributed by atoms with E-state index in [-0.39, 0.29) is 5.91 Å². The third kappa shape index (κ3) is 3.10. The van der Waals surface area contributed by atoms with Crippen molar-refractivity contribution in [1.82, 2.24) is 10.2 Å². The van der Waals surface area contributed by atoms with Gasteiger partial charge in [-0.1, -0.05) is 22.0 Å². The zero-order valence-electron chi connectivity index (χ0n) is 9.14. The van der Waals surface area contributed by atoms with Crippen molar-refractivity contribution >= 4 is 27.5 Å². The second-order valence-corrected chi connectivity index (χ2v) is 4.44. The molecule has 0 bridgehead atoms. The van der Waals surface area contributed by atoms with Crippen molar-refractivity contribution in [3.8, 4) is 0 Å². The van der Waals surface area contributed by atoms with Gasteiger partial charge in [0.25, 0.3) is 5.91 Å². The minimum Gasteiger partial charge on any atom is -0.321 e. The summed E-state index contributed by atoms with van der Waals surface area (Å²) in [5.74, 6) is -0.268. The first-order valence-electron chi connectivity index (χ1n) is 5.02. The standard InChI is InChI=1S/C12H10BrN3O/c1-8-5-6-11(16-15-8)12(17)14-10-4-2-3-9(13)7-10/h2-7H,1H3,(H,14,17). The molecule has 1 aromatic heterocycles. The number of carbonyl (C=O) groups is 1. The zero-order chi connectivity index (χ0) is 12.3. The number of amides is 1. The number of hydrogen-bond donors (Lipinski definition) is 1. The van der Waals surface area contributed by atoms with Crippen LogP contribution in [0.3, 0.4) is 0 Å². The van der Waals surface area contributed by atoms with E-state index in [4.69, 9.17) is 0 Å². The number of rotatable bonds is 2. The van der Waals surface area contributed by atoms with Crippen LogP contribution >= 0.6 is 15.9 Å². The topological polar surface area (TPSA) is 54.9 Å². The minimum absolute atomic E-state index is 0.268. The largest absolute Gasteiger partial charge is 0.321 e. The van der Waals surface area contributed by atoms with Crippen LogP contribution in [0.4, 0.5) is 5.69 Å². The second-order valence-electron chi connectivity index (χ2n) is 3.52. The lowest BCUT2D eigenvalue weighted by Gasteiger charge is -2.04. The van der Waals surface area contributed by atoms with Gasteiger partial charge in [0, 0.05) is 10.2 Å². The first kappa shape index (κ1) is 11.7. The Bertz CT molecular complexity index is 540. The van der Waals surface area contributed by atoms with Gasteiger partial charge in [0.1, 0.15) is 0 Å². The van der Waals surface area contributed by atoms with Crippen LogP contribution in [-0.4, -0.2) is 16.1 Å². The number of nitrogens with one attached hydrogen (secondary N) is 1. The van der Waals surface area contributed by atoms with Gasteiger partial charge in [-0.15, -0.1) is 5.10 Å². The molecule has 0 radical (unpaired) electrons. The van der Waals surface area contributed by atoms with E-state index in [1.165, 1.54) is 0 Å². The lowest BCUT2D eigenvalue weighted by atomic mass is 10.3. The van der Waals surface area contributed by atoms with Crippen LogP contribution in [0.2, 0.25) is 0 Å². The van der Waals surface area contributed by atoms with E-state index in [1.807, 2.05) is 31.2 Å². The molecular weight excluding hydrogens is 282 g/mol. The van der Waals surface area contributed by atoms with Crippen molar-refractivity contribution in [2.75, 3.05) is 5.32 Å². The fourth-order valence-corrected chi connectivity index (χ4v) is 1.68. The van der Waals surface area contributed by atoms with Gasteiger partial charge in [0.2, 0.25) is 0 Å². The molecule has 0 saturated heterocycles. The van der Waals surface area contributed by atoms with Gasteiger partial charge in [-0.3, -0.25) is 4.79 Å². The van der Waals surface area contributed by atoms with Crippen LogP contribution in [-0.2, 0) is 0 Å². The van der Waals surface area contributed by atoms with Gasteiger partial charge in [0.15, 0.2) is 5.69 Å². The molecule has 1 aromatic carbocycles. The van der Waals surface area contributed by atoms with Crippen LogP contribution in [0.25, 0.3) is 0 Å². The number of aromatic nitrogens is 2. The van der Waals surface area contributed by atoms with Crippen molar-refractivity contribution in [2.24, 2.45) is 0 Å². The number of aryl methyl sites for hydroxylation is 1. The fourth-order valence-electron chi connectivity index (χ4n) is 1.28. The Morgan fingerprint density at radius 1 is 1.24 bits per heavy atom. The molecule has 5 heteroatoms. The fraction of sp³-hybridized carbons (Fsp3) is 0.0833. The molecule has 2 rings (SSSR count). The van der Waals surface area contributed by atoms with E-state index >= 15 is 0 Å². The summed E-state index contributed by atoms with van der Waals surface area (Å²) in [5.41, 5.74) is 1.80. The third-order valence-corrected chi connectivity index (χ3v) is 2.61. The maximum atomic E-state index is 11.8. The van der Waals surface area contributed by atoms with Gasteiger partial charge >= 0.3 is 0 Å². The van der Waals surface area contributed by atoms with Crippen molar-refractivity contribution < 1.29 is 4.79 Å². The molecule has 0 saturated carbocycles. The summed E-state index contributed by atoms with van der Waals surface area (Å²) in [6, 6.07) is 10.8. The number of benzene rings is 1. The highest BCUT2D eigenvalue weighted by atomic mass is 79.9. The van der Waals surface area contributed by atoms with Crippen LogP contribution in [0.15, 0.2) is 40.9 Å². The molecule has 0 unspecified atom stereocenters. The molecule has 1 heterocycles. The van der Waals surface area contributed by atoms with Crippen LogP contribution in [0, 0.1) is 6.92 Å². The molecule has 1 amide bonds. The highest BCUT2D eigenvalue weighted by molar-refractivity contribution is 9.10. The van der Waals surface area contributed by atoms with Gasteiger partial charge in [-0.25, -0.2) is 0 Å². The van der Waals surface area contributed by atoms with Gasteiger partial charge < -0.3 is 5.32 Å². The van der Waals surface area contributed by atoms with Gasteiger partial charge in [-0.05, 0) is 37.3 Å². The Morgan fingerprint density at radius 3 is 2.71 bits per heavy atom. The molecule has 0 atom stereocenters. The molecule has 0 spiro atoms. The molecule has 1 N–H and O–H groups in total. The monoisotopic (exact) mass is 291 g/mol. The quantitative estimate of drug-likeness (QED) is 0.926. The van der Waals surface area contributed by atoms with E-state index in [2.05, 4.69) is 31.4 Å². The summed E-state index contributed by atoms with van der Waals surface area (Å²) in [6.45, 7) is 1.82. The first-order chi connectivity index (χ1) is 8.15. The molecule has 86 valence electrons. The summed E-state index contributed by atoms with van der Waals surface area (Å²) in [4.78, 5) is 11.8. The zero-order valence-corrected chi connectivity index (χ0v) is 10.7. The van der Waals surface area contributed by atoms with E-state index < -0.39 is 0 Å². The van der Waals surface area contributed by atoms with Gasteiger partial charge in [-0.2, -0.15) is 5.10 Å². The molecule has 2 aromatic rings. The van der Waals surface area contributed by atoms with E-state index in [0.717, 1.165) is 10.2 Å². The Morgan fingerprint density at radius 2 is 2.06 bits per heavy atom. The predicted molar refractivity (Wildman–Crippen MR) is 68.9 cm³/mol. The number of carbonyl (C=O) groups excluding carboxylic acids is 1. The smallest absolute Gasteiger partial charge is 0.276 e. The average molecular weight is 292 g/mol. The van der Waals surface area contributed by atoms with Crippen LogP contribution < -0.4 is 5.32 Å². The molecule has 0 fully saturated rings. The third-order valence-electron chi connectivity index (χ3n) is 2.11. The lowest BCUT2D eigenvalue weighted by Crippen LogP contribution is -2.14. The van der Waals surface area contributed by atoms with E-state index in [9.17, 15) is 4.79 Å². The highest BCUT2D eigenvalue weighted by Crippen LogP contribution is 2.16. The maximum absolute atomic E-state index is 11.8. The molecule has 4 nitrogen and oxygen atoms in total. The maximum Gasteiger partial charge on any atom is 0.276 e. The van der Waals surface area contributed by atoms with Crippen LogP contribution in [0.5, 0.6) is 0 Å². The van der Waals surface area contributed by atoms with Crippen LogP contribution in [0.1, 0.15) is 16.2 Å². The summed E-state index contributed by atoms with van der Waals surface area (Å²) >= 11 is 3.34. The molecular formula is C12H10BrN3O. The molecule has 0 aliphatic carbocycles. The normalized spacial score (nSPS) is 10.0. The highest BCUT2D eigenvalue weighted by Gasteiger charge is 2.07.